The van der Waals surface area contributed by atoms with Crippen LogP contribution >= 0.6 is 0 Å². The Labute approximate surface area is 337 Å². The third-order valence-electron chi connectivity index (χ3n) is 9.93. The molecule has 5 rings (SSSR count). The van der Waals surface area contributed by atoms with Crippen LogP contribution in [-0.4, -0.2) is 89.1 Å². The third-order valence-corrected chi connectivity index (χ3v) is 9.93. The first-order valence-corrected chi connectivity index (χ1v) is 18.9. The number of aromatic nitrogens is 1. The van der Waals surface area contributed by atoms with E-state index in [-0.39, 0.29) is 56.2 Å². The van der Waals surface area contributed by atoms with E-state index in [1.165, 1.54) is 50.1 Å². The molecule has 0 aliphatic carbocycles. The number of aromatic carboxylic acids is 1. The molecule has 1 saturated heterocycles. The Morgan fingerprint density at radius 1 is 0.881 bits per heavy atom. The molecule has 0 bridgehead atoms. The number of pyridine rings is 1. The number of amides is 3. The number of nitrogens with zero attached hydrogens (tertiary/aromatic N) is 3. The Morgan fingerprint density at radius 3 is 2.10 bits per heavy atom. The lowest BCUT2D eigenvalue weighted by Gasteiger charge is -2.35. The first-order chi connectivity index (χ1) is 28.0. The minimum Gasteiger partial charge on any atom is -0.477 e. The van der Waals surface area contributed by atoms with Crippen molar-refractivity contribution in [3.8, 4) is 0 Å². The summed E-state index contributed by atoms with van der Waals surface area (Å²) in [5, 5.41) is 16.6. The summed E-state index contributed by atoms with van der Waals surface area (Å²) in [5.74, 6) is -3.55. The molecular formula is C41H46F4N6O8. The smallest absolute Gasteiger partial charge is 0.410 e. The van der Waals surface area contributed by atoms with Gasteiger partial charge in [-0.15, -0.1) is 0 Å². The Kier molecular flexibility index (Phi) is 14.2. The summed E-state index contributed by atoms with van der Waals surface area (Å²) in [6.07, 6.45) is -5.24. The van der Waals surface area contributed by atoms with E-state index in [2.05, 4.69) is 16.0 Å². The fourth-order valence-corrected chi connectivity index (χ4v) is 6.64. The predicted molar refractivity (Wildman–Crippen MR) is 211 cm³/mol. The number of aryl methyl sites for hydroxylation is 1. The zero-order chi connectivity index (χ0) is 43.0. The fourth-order valence-electron chi connectivity index (χ4n) is 6.64. The average Bonchev–Trinajstić information content (AvgIpc) is 3.20. The second kappa shape index (κ2) is 19.1. The molecule has 0 radical (unpaired) electrons. The zero-order valence-corrected chi connectivity index (χ0v) is 32.8. The van der Waals surface area contributed by atoms with Gasteiger partial charge in [-0.05, 0) is 55.2 Å². The molecule has 4 N–H and O–H groups in total. The zero-order valence-electron chi connectivity index (χ0n) is 32.8. The number of alkyl carbamates (subject to hydrolysis) is 1. The van der Waals surface area contributed by atoms with Gasteiger partial charge in [0.05, 0.1) is 23.3 Å². The van der Waals surface area contributed by atoms with Crippen molar-refractivity contribution in [3.05, 3.63) is 106 Å². The number of carboxylic acid groups (broad SMARTS) is 1. The summed E-state index contributed by atoms with van der Waals surface area (Å²) in [7, 11) is 0. The molecule has 1 aliphatic heterocycles. The Bertz CT molecular complexity index is 2190. The van der Waals surface area contributed by atoms with Crippen molar-refractivity contribution in [1.82, 2.24) is 20.1 Å². The predicted octanol–water partition coefficient (Wildman–Crippen LogP) is 6.12. The van der Waals surface area contributed by atoms with Crippen LogP contribution < -0.4 is 26.3 Å². The highest BCUT2D eigenvalue weighted by Gasteiger charge is 2.47. The van der Waals surface area contributed by atoms with Gasteiger partial charge in [-0.2, -0.15) is 13.2 Å². The molecule has 3 aromatic carbocycles. The van der Waals surface area contributed by atoms with Crippen molar-refractivity contribution in [2.45, 2.75) is 71.8 Å². The molecule has 18 heteroatoms. The van der Waals surface area contributed by atoms with Crippen LogP contribution in [0, 0.1) is 11.7 Å². The number of carbonyl (C=O) groups excluding carboxylic acids is 3. The number of carbonyl (C=O) groups is 4. The summed E-state index contributed by atoms with van der Waals surface area (Å²) < 4.78 is 70.4. The maximum atomic E-state index is 15.3. The van der Waals surface area contributed by atoms with Crippen molar-refractivity contribution in [1.29, 1.82) is 0 Å². The standard InChI is InChI=1S/C41H46F4N6O8/c1-5-49-21-30(38(54)55)35(52)29-19-31(42)33(20-32(29)49)50-15-17-51(18-16-50)40(57)59-23-27-11-13-28(14-12-27)47-37(53)25(4)46-36(41(43,44)45)34(24(2)3)48-39(56)58-22-26-9-7-6-8-10-26/h6-14,19-21,24-25,34,36,46H,5,15-18,22-23H2,1-4H3,(H,47,53)(H,48,56)(H,54,55)/t25-,34-,36-/m0/s1. The highest BCUT2D eigenvalue weighted by atomic mass is 19.4. The summed E-state index contributed by atoms with van der Waals surface area (Å²) in [5.41, 5.74) is 0.869. The molecule has 1 aliphatic rings. The number of halogens is 4. The molecule has 0 spiro atoms. The number of hydrogen-bond donors (Lipinski definition) is 4. The van der Waals surface area contributed by atoms with Crippen LogP contribution in [0.5, 0.6) is 0 Å². The molecule has 0 unspecified atom stereocenters. The highest BCUT2D eigenvalue weighted by Crippen LogP contribution is 2.28. The minimum absolute atomic E-state index is 0.0450. The SMILES string of the molecule is CCn1cc(C(=O)O)c(=O)c2cc(F)c(N3CCN(C(=O)OCc4ccc(NC(=O)[C@H](C)N[C@@H]([C@@H](NC(=O)OCc5ccccc5)C(C)C)C(F)(F)F)cc4)CC3)cc21. The van der Waals surface area contributed by atoms with E-state index >= 15 is 4.39 Å². The molecule has 4 aromatic rings. The maximum Gasteiger partial charge on any atom is 0.410 e. The van der Waals surface area contributed by atoms with Crippen LogP contribution in [-0.2, 0) is 34.0 Å². The van der Waals surface area contributed by atoms with Crippen LogP contribution in [0.3, 0.4) is 0 Å². The van der Waals surface area contributed by atoms with Crippen LogP contribution in [0.1, 0.15) is 49.2 Å². The van der Waals surface area contributed by atoms with Crippen molar-refractivity contribution >= 4 is 46.3 Å². The minimum atomic E-state index is -4.84. The van der Waals surface area contributed by atoms with Gasteiger partial charge in [-0.3, -0.25) is 14.9 Å². The number of rotatable bonds is 14. The average molecular weight is 827 g/mol. The number of carboxylic acids is 1. The largest absolute Gasteiger partial charge is 0.477 e. The van der Waals surface area contributed by atoms with Gasteiger partial charge in [0.25, 0.3) is 0 Å². The van der Waals surface area contributed by atoms with E-state index < -0.39 is 71.1 Å². The van der Waals surface area contributed by atoms with Gasteiger partial charge in [0.2, 0.25) is 11.3 Å². The van der Waals surface area contributed by atoms with Gasteiger partial charge in [-0.1, -0.05) is 56.3 Å². The van der Waals surface area contributed by atoms with Gasteiger partial charge >= 0.3 is 24.3 Å². The topological polar surface area (TPSA) is 172 Å². The maximum absolute atomic E-state index is 15.3. The quantitative estimate of drug-likeness (QED) is 0.109. The second-order valence-corrected chi connectivity index (χ2v) is 14.4. The van der Waals surface area contributed by atoms with E-state index in [1.54, 1.807) is 58.9 Å². The summed E-state index contributed by atoms with van der Waals surface area (Å²) in [6.45, 7) is 7.06. The van der Waals surface area contributed by atoms with Gasteiger partial charge in [-0.25, -0.2) is 18.8 Å². The molecular weight excluding hydrogens is 780 g/mol. The number of fused-ring (bicyclic) bond motifs is 1. The van der Waals surface area contributed by atoms with Crippen LogP contribution in [0.4, 0.5) is 38.5 Å². The first kappa shape index (κ1) is 43.9. The molecule has 59 heavy (non-hydrogen) atoms. The van der Waals surface area contributed by atoms with Gasteiger partial charge < -0.3 is 39.6 Å². The fraction of sp³-hybridized carbons (Fsp3) is 0.390. The molecule has 1 aromatic heterocycles. The summed E-state index contributed by atoms with van der Waals surface area (Å²) in [6, 6.07) is 12.3. The number of hydrogen-bond acceptors (Lipinski definition) is 9. The molecule has 2 heterocycles. The summed E-state index contributed by atoms with van der Waals surface area (Å²) >= 11 is 0. The normalized spacial score (nSPS) is 14.7. The van der Waals surface area contributed by atoms with Gasteiger partial charge in [0.1, 0.15) is 30.6 Å². The van der Waals surface area contributed by atoms with E-state index in [0.29, 0.717) is 23.2 Å². The van der Waals surface area contributed by atoms with Crippen molar-refractivity contribution < 1.29 is 51.3 Å². The van der Waals surface area contributed by atoms with Crippen molar-refractivity contribution in [2.75, 3.05) is 36.4 Å². The Morgan fingerprint density at radius 2 is 1.51 bits per heavy atom. The Balaban J connectivity index is 1.11. The molecule has 3 amide bonds. The molecule has 1 fully saturated rings. The van der Waals surface area contributed by atoms with Gasteiger partial charge in [0.15, 0.2) is 0 Å². The van der Waals surface area contributed by atoms with Gasteiger partial charge in [0, 0.05) is 50.0 Å². The number of anilines is 2. The highest BCUT2D eigenvalue weighted by molar-refractivity contribution is 5.95. The van der Waals surface area contributed by atoms with Crippen molar-refractivity contribution in [3.63, 3.8) is 0 Å². The summed E-state index contributed by atoms with van der Waals surface area (Å²) in [4.78, 5) is 65.8. The number of alkyl halides is 3. The molecule has 316 valence electrons. The monoisotopic (exact) mass is 826 g/mol. The van der Waals surface area contributed by atoms with E-state index in [9.17, 15) is 42.3 Å². The van der Waals surface area contributed by atoms with Crippen molar-refractivity contribution in [2.24, 2.45) is 5.92 Å². The lowest BCUT2D eigenvalue weighted by atomic mass is 9.95. The first-order valence-electron chi connectivity index (χ1n) is 18.9. The van der Waals surface area contributed by atoms with E-state index in [0.717, 1.165) is 6.07 Å². The second-order valence-electron chi connectivity index (χ2n) is 14.4. The molecule has 0 saturated carbocycles. The van der Waals surface area contributed by atoms with Crippen LogP contribution in [0.2, 0.25) is 0 Å². The lowest BCUT2D eigenvalue weighted by Crippen LogP contribution is -2.62. The Hall–Kier alpha value is -6.17. The number of benzene rings is 3. The van der Waals surface area contributed by atoms with Crippen LogP contribution in [0.25, 0.3) is 10.9 Å². The van der Waals surface area contributed by atoms with E-state index in [1.807, 2.05) is 0 Å². The number of piperazine rings is 1. The molecule has 3 atom stereocenters. The third kappa shape index (κ3) is 11.1. The van der Waals surface area contributed by atoms with Crippen LogP contribution in [0.15, 0.2) is 77.7 Å². The number of ether oxygens (including phenoxy) is 2. The lowest BCUT2D eigenvalue weighted by molar-refractivity contribution is -0.167. The number of nitrogens with one attached hydrogen (secondary N) is 3. The van der Waals surface area contributed by atoms with E-state index in [4.69, 9.17) is 9.47 Å². The molecule has 14 nitrogen and oxygen atoms in total.